The molecule has 3 aromatic rings. The molecule has 0 aliphatic carbocycles. The molecule has 1 N–H and O–H groups in total. The van der Waals surface area contributed by atoms with Gasteiger partial charge < -0.3 is 19.1 Å². The van der Waals surface area contributed by atoms with Crippen molar-refractivity contribution in [3.63, 3.8) is 0 Å². The van der Waals surface area contributed by atoms with Crippen molar-refractivity contribution in [2.75, 3.05) is 19.5 Å². The smallest absolute Gasteiger partial charge is 0.412 e. The number of carbonyl (C=O) groups excluding carboxylic acids is 2. The van der Waals surface area contributed by atoms with Gasteiger partial charge >= 0.3 is 6.09 Å². The third-order valence-corrected chi connectivity index (χ3v) is 6.18. The normalized spacial score (nSPS) is 13.7. The summed E-state index contributed by atoms with van der Waals surface area (Å²) in [6.45, 7) is 5.75. The van der Waals surface area contributed by atoms with E-state index in [0.29, 0.717) is 34.3 Å². The first-order chi connectivity index (χ1) is 17.1. The van der Waals surface area contributed by atoms with Crippen LogP contribution in [0.3, 0.4) is 0 Å². The van der Waals surface area contributed by atoms with Crippen LogP contribution < -0.4 is 14.8 Å². The van der Waals surface area contributed by atoms with Gasteiger partial charge in [-0.05, 0) is 68.3 Å². The fourth-order valence-electron chi connectivity index (χ4n) is 4.31. The minimum absolute atomic E-state index is 0.127. The van der Waals surface area contributed by atoms with Crippen molar-refractivity contribution in [3.8, 4) is 11.5 Å². The van der Waals surface area contributed by atoms with E-state index in [9.17, 15) is 9.59 Å². The van der Waals surface area contributed by atoms with Crippen LogP contribution in [0.1, 0.15) is 53.9 Å². The van der Waals surface area contributed by atoms with Gasteiger partial charge in [-0.1, -0.05) is 35.9 Å². The van der Waals surface area contributed by atoms with E-state index >= 15 is 0 Å². The maximum absolute atomic E-state index is 13.6. The Kier molecular flexibility index (Phi) is 7.13. The maximum Gasteiger partial charge on any atom is 0.412 e. The fourth-order valence-corrected chi connectivity index (χ4v) is 4.54. The average Bonchev–Trinajstić information content (AvgIpc) is 3.15. The van der Waals surface area contributed by atoms with E-state index in [0.717, 1.165) is 16.7 Å². The number of hydrogen-bond donors (Lipinski definition) is 1. The molecule has 0 saturated heterocycles. The molecule has 1 aliphatic rings. The summed E-state index contributed by atoms with van der Waals surface area (Å²) in [7, 11) is 3.14. The highest BCUT2D eigenvalue weighted by molar-refractivity contribution is 6.32. The fraction of sp³-hybridized carbons (Fsp3) is 0.286. The van der Waals surface area contributed by atoms with Crippen molar-refractivity contribution >= 4 is 29.3 Å². The van der Waals surface area contributed by atoms with Crippen molar-refractivity contribution in [1.29, 1.82) is 0 Å². The zero-order chi connectivity index (χ0) is 26.0. The molecule has 8 heteroatoms. The Morgan fingerprint density at radius 1 is 0.972 bits per heavy atom. The van der Waals surface area contributed by atoms with Gasteiger partial charge in [-0.2, -0.15) is 0 Å². The van der Waals surface area contributed by atoms with Crippen LogP contribution in [0.25, 0.3) is 0 Å². The van der Waals surface area contributed by atoms with E-state index in [4.69, 9.17) is 25.8 Å². The van der Waals surface area contributed by atoms with E-state index in [1.807, 2.05) is 36.4 Å². The molecule has 2 amide bonds. The van der Waals surface area contributed by atoms with Crippen LogP contribution in [0.4, 0.5) is 10.5 Å². The van der Waals surface area contributed by atoms with Crippen LogP contribution in [-0.4, -0.2) is 36.7 Å². The summed E-state index contributed by atoms with van der Waals surface area (Å²) in [4.78, 5) is 27.7. The quantitative estimate of drug-likeness (QED) is 0.414. The SMILES string of the molecule is COc1ccc(C(c2cccc(NC(=O)OC(C)(C)C)c2)N2Cc3c(Cl)cccc3C2=O)cc1OC. The van der Waals surface area contributed by atoms with E-state index in [1.165, 1.54) is 0 Å². The number of hydrogen-bond acceptors (Lipinski definition) is 5. The van der Waals surface area contributed by atoms with Crippen LogP contribution in [0.5, 0.6) is 11.5 Å². The minimum atomic E-state index is -0.628. The van der Waals surface area contributed by atoms with Crippen LogP contribution in [0.15, 0.2) is 60.7 Å². The topological polar surface area (TPSA) is 77.1 Å². The molecule has 3 aromatic carbocycles. The van der Waals surface area contributed by atoms with Crippen LogP contribution in [0.2, 0.25) is 5.02 Å². The Labute approximate surface area is 215 Å². The molecule has 1 atom stereocenters. The summed E-state index contributed by atoms with van der Waals surface area (Å²) < 4.78 is 16.3. The first kappa shape index (κ1) is 25.4. The highest BCUT2D eigenvalue weighted by Gasteiger charge is 2.36. The Bertz CT molecular complexity index is 1300. The molecular formula is C28H29ClN2O5. The maximum atomic E-state index is 13.6. The molecular weight excluding hydrogens is 480 g/mol. The molecule has 1 aliphatic heterocycles. The van der Waals surface area contributed by atoms with Crippen LogP contribution in [0, 0.1) is 0 Å². The first-order valence-electron chi connectivity index (χ1n) is 11.5. The van der Waals surface area contributed by atoms with Crippen molar-refractivity contribution < 1.29 is 23.8 Å². The monoisotopic (exact) mass is 508 g/mol. The van der Waals surface area contributed by atoms with Gasteiger partial charge in [0.05, 0.1) is 20.3 Å². The number of carbonyl (C=O) groups is 2. The first-order valence-corrected chi connectivity index (χ1v) is 11.9. The van der Waals surface area contributed by atoms with Crippen LogP contribution in [-0.2, 0) is 11.3 Å². The lowest BCUT2D eigenvalue weighted by Crippen LogP contribution is -2.30. The number of benzene rings is 3. The molecule has 7 nitrogen and oxygen atoms in total. The third-order valence-electron chi connectivity index (χ3n) is 5.82. The van der Waals surface area contributed by atoms with Gasteiger partial charge in [-0.25, -0.2) is 4.79 Å². The third kappa shape index (κ3) is 5.26. The number of nitrogens with one attached hydrogen (secondary N) is 1. The van der Waals surface area contributed by atoms with Gasteiger partial charge in [0.1, 0.15) is 5.60 Å². The summed E-state index contributed by atoms with van der Waals surface area (Å²) in [6.07, 6.45) is -0.557. The van der Waals surface area contributed by atoms with Gasteiger partial charge in [0.15, 0.2) is 11.5 Å². The van der Waals surface area contributed by atoms with E-state index in [2.05, 4.69) is 5.32 Å². The predicted molar refractivity (Wildman–Crippen MR) is 139 cm³/mol. The van der Waals surface area contributed by atoms with Crippen molar-refractivity contribution in [2.24, 2.45) is 0 Å². The van der Waals surface area contributed by atoms with E-state index < -0.39 is 17.7 Å². The summed E-state index contributed by atoms with van der Waals surface area (Å²) >= 11 is 6.44. The van der Waals surface area contributed by atoms with Crippen molar-refractivity contribution in [2.45, 2.75) is 39.0 Å². The predicted octanol–water partition coefficient (Wildman–Crippen LogP) is 6.45. The molecule has 1 heterocycles. The van der Waals surface area contributed by atoms with Crippen molar-refractivity contribution in [3.05, 3.63) is 87.9 Å². The number of fused-ring (bicyclic) bond motifs is 1. The minimum Gasteiger partial charge on any atom is -0.493 e. The molecule has 188 valence electrons. The summed E-state index contributed by atoms with van der Waals surface area (Å²) in [5.41, 5.74) is 2.91. The highest BCUT2D eigenvalue weighted by Crippen LogP contribution is 2.41. The number of methoxy groups -OCH3 is 2. The Morgan fingerprint density at radius 3 is 2.33 bits per heavy atom. The molecule has 0 bridgehead atoms. The lowest BCUT2D eigenvalue weighted by molar-refractivity contribution is 0.0634. The zero-order valence-corrected chi connectivity index (χ0v) is 21.7. The molecule has 36 heavy (non-hydrogen) atoms. The second-order valence-electron chi connectivity index (χ2n) is 9.47. The Balaban J connectivity index is 1.77. The number of rotatable bonds is 6. The molecule has 0 aromatic heterocycles. The summed E-state index contributed by atoms with van der Waals surface area (Å²) in [6, 6.07) is 17.8. The largest absolute Gasteiger partial charge is 0.493 e. The number of anilines is 1. The molecule has 4 rings (SSSR count). The zero-order valence-electron chi connectivity index (χ0n) is 20.9. The number of halogens is 1. The molecule has 0 saturated carbocycles. The number of amides is 2. The lowest BCUT2D eigenvalue weighted by Gasteiger charge is -2.30. The number of nitrogens with zero attached hydrogens (tertiary/aromatic N) is 1. The van der Waals surface area contributed by atoms with Gasteiger partial charge in [0.25, 0.3) is 5.91 Å². The highest BCUT2D eigenvalue weighted by atomic mass is 35.5. The van der Waals surface area contributed by atoms with E-state index in [1.54, 1.807) is 64.2 Å². The number of ether oxygens (including phenoxy) is 3. The standard InChI is InChI=1S/C28H29ClN2O5/c1-28(2,3)36-27(33)30-19-9-6-8-17(14-19)25(18-12-13-23(34-4)24(15-18)35-5)31-16-21-20(26(31)32)10-7-11-22(21)29/h6-15,25H,16H2,1-5H3,(H,30,33). The Hall–Kier alpha value is -3.71. The van der Waals surface area contributed by atoms with Crippen molar-refractivity contribution in [1.82, 2.24) is 4.90 Å². The van der Waals surface area contributed by atoms with Gasteiger partial charge in [-0.3, -0.25) is 10.1 Å². The van der Waals surface area contributed by atoms with Gasteiger partial charge in [0, 0.05) is 28.4 Å². The molecule has 1 unspecified atom stereocenters. The summed E-state index contributed by atoms with van der Waals surface area (Å²) in [5.74, 6) is 1.00. The van der Waals surface area contributed by atoms with Gasteiger partial charge in [-0.15, -0.1) is 0 Å². The van der Waals surface area contributed by atoms with Gasteiger partial charge in [0.2, 0.25) is 0 Å². The summed E-state index contributed by atoms with van der Waals surface area (Å²) in [5, 5.41) is 3.33. The lowest BCUT2D eigenvalue weighted by atomic mass is 9.96. The molecule has 0 fully saturated rings. The second-order valence-corrected chi connectivity index (χ2v) is 9.88. The molecule has 0 spiro atoms. The van der Waals surface area contributed by atoms with Crippen LogP contribution >= 0.6 is 11.6 Å². The Morgan fingerprint density at radius 2 is 1.67 bits per heavy atom. The average molecular weight is 509 g/mol. The molecule has 0 radical (unpaired) electrons. The van der Waals surface area contributed by atoms with E-state index in [-0.39, 0.29) is 5.91 Å². The second kappa shape index (κ2) is 10.1.